The van der Waals surface area contributed by atoms with E-state index in [9.17, 15) is 0 Å². The average molecular weight is 724 g/mol. The Bertz CT molecular complexity index is 2950. The Hall–Kier alpha value is -6.12. The van der Waals surface area contributed by atoms with Gasteiger partial charge < -0.3 is 9.32 Å². The lowest BCUT2D eigenvalue weighted by Gasteiger charge is -2.51. The minimum atomic E-state index is -0.277. The third kappa shape index (κ3) is 4.94. The number of hydrogen-bond acceptors (Lipinski definition) is 2. The molecule has 0 saturated carbocycles. The highest BCUT2D eigenvalue weighted by molar-refractivity contribution is 6.19. The number of benzene rings is 6. The highest BCUT2D eigenvalue weighted by Crippen LogP contribution is 2.55. The summed E-state index contributed by atoms with van der Waals surface area (Å²) in [6, 6.07) is 44.6. The first kappa shape index (κ1) is 33.2. The second-order valence-corrected chi connectivity index (χ2v) is 16.9. The van der Waals surface area contributed by atoms with Gasteiger partial charge in [-0.3, -0.25) is 0 Å². The Morgan fingerprint density at radius 3 is 2.38 bits per heavy atom. The van der Waals surface area contributed by atoms with Crippen LogP contribution in [0.25, 0.3) is 54.6 Å². The molecule has 7 aromatic rings. The van der Waals surface area contributed by atoms with Gasteiger partial charge in [-0.25, -0.2) is 0 Å². The first-order valence-corrected chi connectivity index (χ1v) is 20.3. The lowest BCUT2D eigenvalue weighted by Crippen LogP contribution is -2.52. The van der Waals surface area contributed by atoms with Crippen molar-refractivity contribution in [1.29, 1.82) is 0 Å². The molecule has 3 unspecified atom stereocenters. The van der Waals surface area contributed by atoms with Crippen molar-refractivity contribution in [3.05, 3.63) is 203 Å². The Kier molecular flexibility index (Phi) is 7.39. The summed E-state index contributed by atoms with van der Waals surface area (Å²) in [5, 5.41) is 7.44. The first-order chi connectivity index (χ1) is 27.4. The largest absolute Gasteiger partial charge is 0.456 e. The van der Waals surface area contributed by atoms with Gasteiger partial charge in [0.1, 0.15) is 11.2 Å². The lowest BCUT2D eigenvalue weighted by atomic mass is 9.74. The summed E-state index contributed by atoms with van der Waals surface area (Å²) in [6.07, 6.45) is 22.2. The summed E-state index contributed by atoms with van der Waals surface area (Å²) in [5.74, 6) is 0.378. The van der Waals surface area contributed by atoms with E-state index in [2.05, 4.69) is 190 Å². The van der Waals surface area contributed by atoms with Gasteiger partial charge in [-0.1, -0.05) is 165 Å². The average Bonchev–Trinajstić information content (AvgIpc) is 3.73. The highest BCUT2D eigenvalue weighted by Gasteiger charge is 2.46. The van der Waals surface area contributed by atoms with E-state index >= 15 is 0 Å². The third-order valence-corrected chi connectivity index (χ3v) is 13.5. The lowest BCUT2D eigenvalue weighted by molar-refractivity contribution is 0.161. The van der Waals surface area contributed by atoms with Crippen molar-refractivity contribution in [2.24, 2.45) is 0 Å². The second kappa shape index (κ2) is 12.4. The number of furan rings is 1. The molecule has 11 rings (SSSR count). The summed E-state index contributed by atoms with van der Waals surface area (Å²) in [7, 11) is 0. The van der Waals surface area contributed by atoms with Crippen LogP contribution in [0.1, 0.15) is 68.2 Å². The van der Waals surface area contributed by atoms with E-state index in [0.717, 1.165) is 30.4 Å². The fourth-order valence-electron chi connectivity index (χ4n) is 10.8. The highest BCUT2D eigenvalue weighted by atomic mass is 16.3. The minimum absolute atomic E-state index is 0.0240. The van der Waals surface area contributed by atoms with Crippen molar-refractivity contribution < 1.29 is 4.42 Å². The fraction of sp³-hybridized carbons (Fsp3) is 0.185. The predicted molar refractivity (Wildman–Crippen MR) is 236 cm³/mol. The smallest absolute Gasteiger partial charge is 0.136 e. The van der Waals surface area contributed by atoms with E-state index in [0.29, 0.717) is 5.92 Å². The van der Waals surface area contributed by atoms with E-state index < -0.39 is 0 Å². The van der Waals surface area contributed by atoms with Crippen LogP contribution in [0.3, 0.4) is 0 Å². The standard InChI is InChI=1S/C54H45NO/c1-53(2)47-19-8-6-16-43(47)46-34-40(29-30-48(46)53)55(54(3)32-11-10-20-49(54)42-18-12-14-36-13-4-5-15-41(36)42)39-27-24-35(25-28-39)38-23-22-37-26-31-51-52(45(37)33-38)44-17-7-9-21-50(44)56-51/h4-27,29-31,33,39,46H,28,32,34H2,1-3H3. The third-order valence-electron chi connectivity index (χ3n) is 13.5. The first-order valence-electron chi connectivity index (χ1n) is 20.3. The van der Waals surface area contributed by atoms with Crippen molar-refractivity contribution in [3.8, 4) is 0 Å². The van der Waals surface area contributed by atoms with Gasteiger partial charge in [0.25, 0.3) is 0 Å². The molecule has 6 aromatic carbocycles. The van der Waals surface area contributed by atoms with Crippen LogP contribution in [0, 0.1) is 0 Å². The molecule has 3 atom stereocenters. The van der Waals surface area contributed by atoms with Gasteiger partial charge in [-0.15, -0.1) is 0 Å². The molecule has 0 radical (unpaired) electrons. The summed E-state index contributed by atoms with van der Waals surface area (Å²) in [5.41, 5.74) is 12.8. The zero-order chi connectivity index (χ0) is 37.6. The molecule has 1 heterocycles. The van der Waals surface area contributed by atoms with Crippen LogP contribution in [0.15, 0.2) is 186 Å². The van der Waals surface area contributed by atoms with Gasteiger partial charge >= 0.3 is 0 Å². The normalized spacial score (nSPS) is 22.5. The van der Waals surface area contributed by atoms with Crippen LogP contribution in [-0.4, -0.2) is 16.5 Å². The number of nitrogens with zero attached hydrogens (tertiary/aromatic N) is 1. The molecule has 0 N–H and O–H groups in total. The summed E-state index contributed by atoms with van der Waals surface area (Å²) in [4.78, 5) is 2.82. The Morgan fingerprint density at radius 2 is 1.48 bits per heavy atom. The minimum Gasteiger partial charge on any atom is -0.456 e. The number of allylic oxidation sites excluding steroid dienone is 8. The number of rotatable bonds is 5. The van der Waals surface area contributed by atoms with E-state index in [-0.39, 0.29) is 17.0 Å². The van der Waals surface area contributed by atoms with Crippen molar-refractivity contribution in [2.75, 3.05) is 0 Å². The van der Waals surface area contributed by atoms with Crippen LogP contribution in [0.5, 0.6) is 0 Å². The van der Waals surface area contributed by atoms with E-state index in [4.69, 9.17) is 4.42 Å². The van der Waals surface area contributed by atoms with Crippen LogP contribution < -0.4 is 0 Å². The Morgan fingerprint density at radius 1 is 0.696 bits per heavy atom. The van der Waals surface area contributed by atoms with Crippen LogP contribution >= 0.6 is 0 Å². The van der Waals surface area contributed by atoms with Crippen molar-refractivity contribution in [3.63, 3.8) is 0 Å². The summed E-state index contributed by atoms with van der Waals surface area (Å²) < 4.78 is 6.28. The van der Waals surface area contributed by atoms with Crippen LogP contribution in [-0.2, 0) is 5.41 Å². The molecule has 0 fully saturated rings. The maximum atomic E-state index is 6.28. The summed E-state index contributed by atoms with van der Waals surface area (Å²) in [6.45, 7) is 7.31. The molecule has 0 saturated heterocycles. The van der Waals surface area contributed by atoms with Crippen LogP contribution in [0.4, 0.5) is 0 Å². The van der Waals surface area contributed by atoms with Gasteiger partial charge in [0.15, 0.2) is 0 Å². The Labute approximate surface area is 329 Å². The van der Waals surface area contributed by atoms with Crippen molar-refractivity contribution in [2.45, 2.75) is 62.9 Å². The molecule has 4 aliphatic rings. The molecule has 0 amide bonds. The van der Waals surface area contributed by atoms with E-state index in [1.807, 2.05) is 6.07 Å². The summed E-state index contributed by atoms with van der Waals surface area (Å²) >= 11 is 0. The van der Waals surface area contributed by atoms with Gasteiger partial charge in [0, 0.05) is 27.8 Å². The number of para-hydroxylation sites is 1. The predicted octanol–water partition coefficient (Wildman–Crippen LogP) is 14.0. The fourth-order valence-corrected chi connectivity index (χ4v) is 10.8. The van der Waals surface area contributed by atoms with E-state index in [1.165, 1.54) is 77.0 Å². The molecular formula is C54H45NO. The SMILES string of the molecule is CC1(C)C2=CC=C(N(C3C=CC(c4ccc5ccc6oc7ccccc7c6c5c4)=CC3)C3(C)CC=CC=C3c3cccc4ccccc34)CC2c2ccccc21. The molecule has 4 aliphatic carbocycles. The zero-order valence-electron chi connectivity index (χ0n) is 32.3. The molecule has 0 aliphatic heterocycles. The molecular weight excluding hydrogens is 679 g/mol. The molecule has 2 nitrogen and oxygen atoms in total. The maximum absolute atomic E-state index is 6.28. The number of hydrogen-bond donors (Lipinski definition) is 0. The van der Waals surface area contributed by atoms with Gasteiger partial charge in [0.05, 0.1) is 11.6 Å². The van der Waals surface area contributed by atoms with Crippen LogP contribution in [0.2, 0.25) is 0 Å². The maximum Gasteiger partial charge on any atom is 0.136 e. The molecule has 2 heteroatoms. The monoisotopic (exact) mass is 723 g/mol. The van der Waals surface area contributed by atoms with Crippen molar-refractivity contribution >= 4 is 54.6 Å². The zero-order valence-corrected chi connectivity index (χ0v) is 32.3. The van der Waals surface area contributed by atoms with Crippen molar-refractivity contribution in [1.82, 2.24) is 4.90 Å². The quantitative estimate of drug-likeness (QED) is 0.176. The topological polar surface area (TPSA) is 16.4 Å². The molecule has 1 aromatic heterocycles. The van der Waals surface area contributed by atoms with Gasteiger partial charge in [-0.2, -0.15) is 0 Å². The molecule has 272 valence electrons. The van der Waals surface area contributed by atoms with Gasteiger partial charge in [0.2, 0.25) is 0 Å². The Balaban J connectivity index is 1.02. The molecule has 0 spiro atoms. The molecule has 0 bridgehead atoms. The number of fused-ring (bicyclic) bond motifs is 9. The van der Waals surface area contributed by atoms with E-state index in [1.54, 1.807) is 0 Å². The van der Waals surface area contributed by atoms with Gasteiger partial charge in [-0.05, 0) is 105 Å². The molecule has 56 heavy (non-hydrogen) atoms. The second-order valence-electron chi connectivity index (χ2n) is 16.9.